The fourth-order valence-corrected chi connectivity index (χ4v) is 2.99. The summed E-state index contributed by atoms with van der Waals surface area (Å²) >= 11 is 1.83. The third-order valence-electron chi connectivity index (χ3n) is 3.02. The van der Waals surface area contributed by atoms with E-state index in [0.717, 1.165) is 31.1 Å². The van der Waals surface area contributed by atoms with Crippen molar-refractivity contribution in [1.82, 2.24) is 10.3 Å². The minimum absolute atomic E-state index is 0.554. The molecule has 0 saturated heterocycles. The molecule has 4 heteroatoms. The molecule has 1 atom stereocenters. The van der Waals surface area contributed by atoms with Crippen molar-refractivity contribution in [1.29, 1.82) is 0 Å². The molecule has 0 aliphatic rings. The van der Waals surface area contributed by atoms with E-state index < -0.39 is 0 Å². The van der Waals surface area contributed by atoms with Crippen LogP contribution < -0.4 is 10.2 Å². The molecule has 0 fully saturated rings. The maximum absolute atomic E-state index is 4.82. The first-order valence-electron chi connectivity index (χ1n) is 6.49. The van der Waals surface area contributed by atoms with Crippen LogP contribution in [0, 0.1) is 0 Å². The van der Waals surface area contributed by atoms with Crippen LogP contribution >= 0.6 is 11.3 Å². The topological polar surface area (TPSA) is 28.2 Å². The zero-order chi connectivity index (χ0) is 12.8. The van der Waals surface area contributed by atoms with Gasteiger partial charge >= 0.3 is 0 Å². The van der Waals surface area contributed by atoms with Crippen LogP contribution in [-0.4, -0.2) is 25.6 Å². The monoisotopic (exact) mass is 255 g/mol. The summed E-state index contributed by atoms with van der Waals surface area (Å²) in [4.78, 5) is 8.47. The molecule has 98 valence electrons. The van der Waals surface area contributed by atoms with Crippen molar-refractivity contribution in [2.45, 2.75) is 46.1 Å². The lowest BCUT2D eigenvalue weighted by Crippen LogP contribution is -2.17. The molecule has 1 rings (SSSR count). The number of rotatable bonds is 7. The molecule has 17 heavy (non-hydrogen) atoms. The summed E-state index contributed by atoms with van der Waals surface area (Å²) in [5.41, 5.74) is 1.28. The number of nitrogens with zero attached hydrogens (tertiary/aromatic N) is 2. The molecule has 1 N–H and O–H groups in total. The van der Waals surface area contributed by atoms with Crippen molar-refractivity contribution in [3.8, 4) is 0 Å². The zero-order valence-electron chi connectivity index (χ0n) is 11.7. The Balaban J connectivity index is 2.94. The highest BCUT2D eigenvalue weighted by Gasteiger charge is 2.17. The summed E-state index contributed by atoms with van der Waals surface area (Å²) in [5.74, 6) is 0.554. The van der Waals surface area contributed by atoms with Crippen molar-refractivity contribution >= 4 is 16.5 Å². The van der Waals surface area contributed by atoms with Crippen LogP contribution in [0.1, 0.15) is 50.1 Å². The predicted molar refractivity (Wildman–Crippen MR) is 77.1 cm³/mol. The van der Waals surface area contributed by atoms with Gasteiger partial charge in [0, 0.05) is 25.0 Å². The minimum Gasteiger partial charge on any atom is -0.351 e. The molecular weight excluding hydrogens is 230 g/mol. The Labute approximate surface area is 109 Å². The largest absolute Gasteiger partial charge is 0.351 e. The van der Waals surface area contributed by atoms with Crippen molar-refractivity contribution in [2.24, 2.45) is 0 Å². The second-order valence-electron chi connectivity index (χ2n) is 4.57. The van der Waals surface area contributed by atoms with Gasteiger partial charge in [0.1, 0.15) is 0 Å². The maximum Gasteiger partial charge on any atom is 0.185 e. The molecular formula is C13H25N3S. The number of aromatic nitrogens is 1. The Bertz CT molecular complexity index is 335. The van der Waals surface area contributed by atoms with Crippen LogP contribution in [0.15, 0.2) is 0 Å². The third kappa shape index (κ3) is 3.68. The van der Waals surface area contributed by atoms with E-state index >= 15 is 0 Å². The smallest absolute Gasteiger partial charge is 0.185 e. The Kier molecular flexibility index (Phi) is 5.92. The van der Waals surface area contributed by atoms with E-state index in [-0.39, 0.29) is 0 Å². The Hall–Kier alpha value is -0.610. The summed E-state index contributed by atoms with van der Waals surface area (Å²) in [7, 11) is 4.13. The molecule has 0 saturated carbocycles. The molecule has 0 aliphatic carbocycles. The van der Waals surface area contributed by atoms with E-state index in [1.807, 2.05) is 18.4 Å². The maximum atomic E-state index is 4.82. The highest BCUT2D eigenvalue weighted by Crippen LogP contribution is 2.31. The fraction of sp³-hybridized carbons (Fsp3) is 0.769. The van der Waals surface area contributed by atoms with Gasteiger partial charge < -0.3 is 10.2 Å². The van der Waals surface area contributed by atoms with E-state index in [1.165, 1.54) is 10.6 Å². The Morgan fingerprint density at radius 2 is 2.12 bits per heavy atom. The van der Waals surface area contributed by atoms with Crippen LogP contribution in [0.2, 0.25) is 0 Å². The lowest BCUT2D eigenvalue weighted by atomic mass is 10.0. The van der Waals surface area contributed by atoms with Crippen LogP contribution in [0.5, 0.6) is 0 Å². The Morgan fingerprint density at radius 1 is 1.41 bits per heavy atom. The van der Waals surface area contributed by atoms with Crippen LogP contribution in [-0.2, 0) is 6.54 Å². The quantitative estimate of drug-likeness (QED) is 0.811. The molecule has 1 aromatic heterocycles. The standard InChI is InChI=1S/C13H25N3S/c1-6-8-16(5)13-15-12(10(3)7-2)11(17-13)9-14-4/h10,14H,6-9H2,1-5H3. The highest BCUT2D eigenvalue weighted by molar-refractivity contribution is 7.15. The predicted octanol–water partition coefficient (Wildman–Crippen LogP) is 3.22. The van der Waals surface area contributed by atoms with E-state index in [2.05, 4.69) is 38.0 Å². The first kappa shape index (κ1) is 14.5. The molecule has 1 aromatic rings. The minimum atomic E-state index is 0.554. The van der Waals surface area contributed by atoms with Gasteiger partial charge in [-0.05, 0) is 25.8 Å². The summed E-state index contributed by atoms with van der Waals surface area (Å²) in [6, 6.07) is 0. The number of hydrogen-bond donors (Lipinski definition) is 1. The van der Waals surface area contributed by atoms with Gasteiger partial charge in [0.15, 0.2) is 5.13 Å². The SMILES string of the molecule is CCCN(C)c1nc(C(C)CC)c(CNC)s1. The van der Waals surface area contributed by atoms with Crippen LogP contribution in [0.25, 0.3) is 0 Å². The van der Waals surface area contributed by atoms with Crippen molar-refractivity contribution in [2.75, 3.05) is 25.5 Å². The molecule has 3 nitrogen and oxygen atoms in total. The molecule has 1 unspecified atom stereocenters. The van der Waals surface area contributed by atoms with Gasteiger partial charge in [0.05, 0.1) is 5.69 Å². The molecule has 0 bridgehead atoms. The molecule has 0 amide bonds. The highest BCUT2D eigenvalue weighted by atomic mass is 32.1. The lowest BCUT2D eigenvalue weighted by Gasteiger charge is -2.13. The average Bonchev–Trinajstić information content (AvgIpc) is 2.73. The van der Waals surface area contributed by atoms with Gasteiger partial charge in [-0.2, -0.15) is 0 Å². The zero-order valence-corrected chi connectivity index (χ0v) is 12.5. The summed E-state index contributed by atoms with van der Waals surface area (Å²) in [5, 5.41) is 4.40. The number of anilines is 1. The lowest BCUT2D eigenvalue weighted by molar-refractivity contribution is 0.692. The van der Waals surface area contributed by atoms with E-state index in [9.17, 15) is 0 Å². The number of nitrogens with one attached hydrogen (secondary N) is 1. The normalized spacial score (nSPS) is 12.8. The summed E-state index contributed by atoms with van der Waals surface area (Å²) < 4.78 is 0. The van der Waals surface area contributed by atoms with E-state index in [1.54, 1.807) is 0 Å². The van der Waals surface area contributed by atoms with Gasteiger partial charge in [-0.3, -0.25) is 0 Å². The molecule has 0 aliphatic heterocycles. The van der Waals surface area contributed by atoms with Gasteiger partial charge in [-0.1, -0.05) is 20.8 Å². The molecule has 0 aromatic carbocycles. The molecule has 1 heterocycles. The first-order valence-corrected chi connectivity index (χ1v) is 7.30. The summed E-state index contributed by atoms with van der Waals surface area (Å²) in [6.07, 6.45) is 2.31. The van der Waals surface area contributed by atoms with Crippen molar-refractivity contribution in [3.63, 3.8) is 0 Å². The summed E-state index contributed by atoms with van der Waals surface area (Å²) in [6.45, 7) is 8.69. The second kappa shape index (κ2) is 6.97. The molecule has 0 radical (unpaired) electrons. The van der Waals surface area contributed by atoms with Crippen molar-refractivity contribution in [3.05, 3.63) is 10.6 Å². The van der Waals surface area contributed by atoms with E-state index in [0.29, 0.717) is 5.92 Å². The fourth-order valence-electron chi connectivity index (χ4n) is 1.81. The first-order chi connectivity index (χ1) is 8.13. The van der Waals surface area contributed by atoms with Gasteiger partial charge in [0.2, 0.25) is 0 Å². The third-order valence-corrected chi connectivity index (χ3v) is 4.20. The van der Waals surface area contributed by atoms with Crippen LogP contribution in [0.3, 0.4) is 0 Å². The molecule has 0 spiro atoms. The number of hydrogen-bond acceptors (Lipinski definition) is 4. The van der Waals surface area contributed by atoms with Crippen LogP contribution in [0.4, 0.5) is 5.13 Å². The van der Waals surface area contributed by atoms with Crippen molar-refractivity contribution < 1.29 is 0 Å². The van der Waals surface area contributed by atoms with Gasteiger partial charge in [0.25, 0.3) is 0 Å². The van der Waals surface area contributed by atoms with Gasteiger partial charge in [-0.15, -0.1) is 11.3 Å². The van der Waals surface area contributed by atoms with Gasteiger partial charge in [-0.25, -0.2) is 4.98 Å². The van der Waals surface area contributed by atoms with E-state index in [4.69, 9.17) is 4.98 Å². The number of thiazole rings is 1. The average molecular weight is 255 g/mol. The Morgan fingerprint density at radius 3 is 2.65 bits per heavy atom. The second-order valence-corrected chi connectivity index (χ2v) is 5.63.